The SMILES string of the molecule is Cc1n[nH]c(C)c1C(=O)OC(c1ccccc1)n1sc2c(c1=O)C1CCC2C1(C)C. The van der Waals surface area contributed by atoms with Crippen molar-refractivity contribution in [2.24, 2.45) is 5.41 Å². The first-order valence-corrected chi connectivity index (χ1v) is 11.1. The molecule has 2 bridgehead atoms. The van der Waals surface area contributed by atoms with Gasteiger partial charge in [-0.3, -0.25) is 9.89 Å². The lowest BCUT2D eigenvalue weighted by molar-refractivity contribution is 0.0240. The summed E-state index contributed by atoms with van der Waals surface area (Å²) in [5.41, 5.74) is 3.50. The standard InChI is InChI=1S/C23H25N3O3S/c1-12-17(13(2)25-24-12)22(28)29-21(14-8-6-5-7-9-14)26-20(27)18-15-10-11-16(19(18)30-26)23(15,3)4/h5-9,15-16,21H,10-11H2,1-4H3,(H,24,25). The van der Waals surface area contributed by atoms with Gasteiger partial charge < -0.3 is 4.74 Å². The molecule has 30 heavy (non-hydrogen) atoms. The Hall–Kier alpha value is -2.67. The van der Waals surface area contributed by atoms with E-state index in [1.807, 2.05) is 30.3 Å². The van der Waals surface area contributed by atoms with Gasteiger partial charge in [-0.05, 0) is 38.0 Å². The van der Waals surface area contributed by atoms with Gasteiger partial charge in [0.2, 0.25) is 6.23 Å². The molecule has 0 aliphatic heterocycles. The molecule has 7 heteroatoms. The van der Waals surface area contributed by atoms with Gasteiger partial charge in [0.1, 0.15) is 5.56 Å². The van der Waals surface area contributed by atoms with Gasteiger partial charge in [0.05, 0.1) is 5.69 Å². The van der Waals surface area contributed by atoms with Crippen LogP contribution >= 0.6 is 11.5 Å². The largest absolute Gasteiger partial charge is 0.432 e. The van der Waals surface area contributed by atoms with Crippen LogP contribution < -0.4 is 5.56 Å². The molecular formula is C23H25N3O3S. The highest BCUT2D eigenvalue weighted by atomic mass is 32.1. The van der Waals surface area contributed by atoms with Gasteiger partial charge >= 0.3 is 5.97 Å². The Balaban J connectivity index is 1.59. The lowest BCUT2D eigenvalue weighted by atomic mass is 9.80. The van der Waals surface area contributed by atoms with Crippen LogP contribution in [0.2, 0.25) is 0 Å². The van der Waals surface area contributed by atoms with Crippen molar-refractivity contribution >= 4 is 17.5 Å². The Morgan fingerprint density at radius 3 is 2.57 bits per heavy atom. The molecule has 3 aromatic rings. The minimum absolute atomic E-state index is 0.0161. The number of aryl methyl sites for hydroxylation is 2. The van der Waals surface area contributed by atoms with Crippen LogP contribution in [-0.4, -0.2) is 20.1 Å². The van der Waals surface area contributed by atoms with E-state index in [1.165, 1.54) is 16.4 Å². The third kappa shape index (κ3) is 2.64. The predicted molar refractivity (Wildman–Crippen MR) is 115 cm³/mol. The Labute approximate surface area is 179 Å². The normalized spacial score (nSPS) is 22.1. The van der Waals surface area contributed by atoms with Crippen molar-refractivity contribution < 1.29 is 9.53 Å². The number of H-pyrrole nitrogens is 1. The fourth-order valence-corrected chi connectivity index (χ4v) is 6.86. The fourth-order valence-electron chi connectivity index (χ4n) is 5.33. The van der Waals surface area contributed by atoms with Gasteiger partial charge in [0.25, 0.3) is 5.56 Å². The van der Waals surface area contributed by atoms with Crippen molar-refractivity contribution in [2.75, 3.05) is 0 Å². The highest BCUT2D eigenvalue weighted by Crippen LogP contribution is 2.64. The number of carbonyl (C=O) groups excluding carboxylic acids is 1. The van der Waals surface area contributed by atoms with Crippen LogP contribution in [0.25, 0.3) is 0 Å². The second kappa shape index (κ2) is 6.67. The monoisotopic (exact) mass is 423 g/mol. The Bertz CT molecular complexity index is 1170. The number of hydrogen-bond acceptors (Lipinski definition) is 5. The third-order valence-corrected chi connectivity index (χ3v) is 8.20. The Morgan fingerprint density at radius 2 is 1.93 bits per heavy atom. The number of benzene rings is 1. The lowest BCUT2D eigenvalue weighted by Gasteiger charge is -2.25. The van der Waals surface area contributed by atoms with E-state index in [9.17, 15) is 9.59 Å². The summed E-state index contributed by atoms with van der Waals surface area (Å²) in [6.07, 6.45) is 1.38. The number of ether oxygens (including phenoxy) is 1. The van der Waals surface area contributed by atoms with Gasteiger partial charge in [0.15, 0.2) is 0 Å². The summed E-state index contributed by atoms with van der Waals surface area (Å²) >= 11 is 1.47. The van der Waals surface area contributed by atoms with Gasteiger partial charge in [-0.15, -0.1) is 0 Å². The van der Waals surface area contributed by atoms with Gasteiger partial charge in [0, 0.05) is 27.6 Å². The number of nitrogens with one attached hydrogen (secondary N) is 1. The van der Waals surface area contributed by atoms with Crippen molar-refractivity contribution in [3.8, 4) is 0 Å². The van der Waals surface area contributed by atoms with E-state index in [4.69, 9.17) is 4.74 Å². The zero-order valence-corrected chi connectivity index (χ0v) is 18.4. The number of hydrogen-bond donors (Lipinski definition) is 1. The van der Waals surface area contributed by atoms with E-state index in [2.05, 4.69) is 24.0 Å². The summed E-state index contributed by atoms with van der Waals surface area (Å²) in [6.45, 7) is 8.10. The number of esters is 1. The second-order valence-corrected chi connectivity index (χ2v) is 10.00. The van der Waals surface area contributed by atoms with Crippen LogP contribution in [-0.2, 0) is 4.74 Å². The van der Waals surface area contributed by atoms with Crippen molar-refractivity contribution in [1.82, 2.24) is 14.2 Å². The number of fused-ring (bicyclic) bond motifs is 5. The molecular weight excluding hydrogens is 398 g/mol. The number of aromatic nitrogens is 3. The molecule has 1 saturated carbocycles. The molecule has 0 saturated heterocycles. The zero-order valence-electron chi connectivity index (χ0n) is 17.6. The van der Waals surface area contributed by atoms with Crippen LogP contribution in [0.1, 0.15) is 82.5 Å². The molecule has 2 heterocycles. The maximum Gasteiger partial charge on any atom is 0.344 e. The van der Waals surface area contributed by atoms with E-state index in [0.717, 1.165) is 24.0 Å². The molecule has 5 rings (SSSR count). The Morgan fingerprint density at radius 1 is 1.23 bits per heavy atom. The quantitative estimate of drug-likeness (QED) is 0.620. The molecule has 0 radical (unpaired) electrons. The van der Waals surface area contributed by atoms with Crippen LogP contribution in [0.4, 0.5) is 0 Å². The highest BCUT2D eigenvalue weighted by Gasteiger charge is 2.54. The molecule has 3 unspecified atom stereocenters. The van der Waals surface area contributed by atoms with Gasteiger partial charge in [-0.2, -0.15) is 5.10 Å². The van der Waals surface area contributed by atoms with E-state index >= 15 is 0 Å². The van der Waals surface area contributed by atoms with Gasteiger partial charge in [-0.1, -0.05) is 55.7 Å². The summed E-state index contributed by atoms with van der Waals surface area (Å²) in [5.74, 6) is 0.214. The van der Waals surface area contributed by atoms with E-state index in [1.54, 1.807) is 17.8 Å². The molecule has 2 aliphatic carbocycles. The molecule has 2 aromatic heterocycles. The van der Waals surface area contributed by atoms with Crippen molar-refractivity contribution in [3.05, 3.63) is 73.6 Å². The highest BCUT2D eigenvalue weighted by molar-refractivity contribution is 7.06. The van der Waals surface area contributed by atoms with Crippen molar-refractivity contribution in [3.63, 3.8) is 0 Å². The summed E-state index contributed by atoms with van der Waals surface area (Å²) in [5, 5.41) is 6.93. The number of carbonyl (C=O) groups is 1. The third-order valence-electron chi connectivity index (χ3n) is 6.95. The fraction of sp³-hybridized carbons (Fsp3) is 0.435. The minimum atomic E-state index is -0.794. The molecule has 156 valence electrons. The topological polar surface area (TPSA) is 77.0 Å². The molecule has 1 N–H and O–H groups in total. The molecule has 2 aliphatic rings. The average molecular weight is 424 g/mol. The first-order valence-electron chi connectivity index (χ1n) is 10.3. The summed E-state index contributed by atoms with van der Waals surface area (Å²) in [6, 6.07) is 9.48. The van der Waals surface area contributed by atoms with Crippen molar-refractivity contribution in [2.45, 2.75) is 58.6 Å². The molecule has 6 nitrogen and oxygen atoms in total. The average Bonchev–Trinajstić information content (AvgIpc) is 3.39. The predicted octanol–water partition coefficient (Wildman–Crippen LogP) is 4.65. The zero-order chi connectivity index (χ0) is 21.2. The second-order valence-electron chi connectivity index (χ2n) is 8.98. The number of nitrogens with zero attached hydrogens (tertiary/aromatic N) is 2. The maximum atomic E-state index is 13.5. The summed E-state index contributed by atoms with van der Waals surface area (Å²) in [7, 11) is 0. The van der Waals surface area contributed by atoms with Crippen LogP contribution in [0.5, 0.6) is 0 Å². The first kappa shape index (κ1) is 19.3. The summed E-state index contributed by atoms with van der Waals surface area (Å²) < 4.78 is 7.62. The molecule has 3 atom stereocenters. The van der Waals surface area contributed by atoms with E-state index in [0.29, 0.717) is 22.9 Å². The lowest BCUT2D eigenvalue weighted by Crippen LogP contribution is -2.28. The Kier molecular flexibility index (Phi) is 4.29. The first-order chi connectivity index (χ1) is 14.3. The summed E-state index contributed by atoms with van der Waals surface area (Å²) in [4.78, 5) is 27.7. The van der Waals surface area contributed by atoms with E-state index < -0.39 is 12.2 Å². The van der Waals surface area contributed by atoms with E-state index in [-0.39, 0.29) is 16.9 Å². The molecule has 0 spiro atoms. The smallest absolute Gasteiger partial charge is 0.344 e. The molecule has 1 aromatic carbocycles. The molecule has 0 amide bonds. The minimum Gasteiger partial charge on any atom is -0.432 e. The number of rotatable bonds is 4. The molecule has 1 fully saturated rings. The van der Waals surface area contributed by atoms with Crippen LogP contribution in [0.3, 0.4) is 0 Å². The maximum absolute atomic E-state index is 13.5. The van der Waals surface area contributed by atoms with Gasteiger partial charge in [-0.25, -0.2) is 8.75 Å². The van der Waals surface area contributed by atoms with Crippen LogP contribution in [0, 0.1) is 19.3 Å². The van der Waals surface area contributed by atoms with Crippen molar-refractivity contribution in [1.29, 1.82) is 0 Å². The number of aromatic amines is 1. The van der Waals surface area contributed by atoms with Crippen LogP contribution in [0.15, 0.2) is 35.1 Å².